The molecule has 1 aliphatic heterocycles. The maximum atomic E-state index is 12.6. The second-order valence-electron chi connectivity index (χ2n) is 6.68. The van der Waals surface area contributed by atoms with Crippen molar-refractivity contribution >= 4 is 40.5 Å². The van der Waals surface area contributed by atoms with Gasteiger partial charge >= 0.3 is 5.57 Å². The SMILES string of the molecule is O=C(CCN1CCN(c2ccc(Cl)cc2)CC1)Nc1ccc(OC(F)(F)Cl)cc1. The van der Waals surface area contributed by atoms with Gasteiger partial charge in [0.2, 0.25) is 5.91 Å². The molecule has 0 aromatic heterocycles. The Bertz CT molecular complexity index is 806. The Morgan fingerprint density at radius 3 is 2.24 bits per heavy atom. The number of carbonyl (C=O) groups excluding carboxylic acids is 1. The molecule has 1 heterocycles. The van der Waals surface area contributed by atoms with Crippen LogP contribution in [0, 0.1) is 0 Å². The van der Waals surface area contributed by atoms with E-state index < -0.39 is 5.57 Å². The number of piperazine rings is 1. The lowest BCUT2D eigenvalue weighted by Crippen LogP contribution is -2.47. The van der Waals surface area contributed by atoms with Gasteiger partial charge in [0.05, 0.1) is 0 Å². The zero-order valence-electron chi connectivity index (χ0n) is 15.6. The van der Waals surface area contributed by atoms with Gasteiger partial charge in [-0.15, -0.1) is 8.78 Å². The Morgan fingerprint density at radius 2 is 1.66 bits per heavy atom. The number of ether oxygens (including phenoxy) is 1. The molecular weight excluding hydrogens is 423 g/mol. The van der Waals surface area contributed by atoms with Crippen molar-refractivity contribution in [3.8, 4) is 5.75 Å². The molecule has 1 amide bonds. The summed E-state index contributed by atoms with van der Waals surface area (Å²) in [5.74, 6) is -0.219. The third-order valence-electron chi connectivity index (χ3n) is 4.59. The first-order valence-electron chi connectivity index (χ1n) is 9.17. The molecule has 1 N–H and O–H groups in total. The minimum absolute atomic E-state index is 0.0819. The third kappa shape index (κ3) is 7.03. The first-order chi connectivity index (χ1) is 13.8. The lowest BCUT2D eigenvalue weighted by molar-refractivity contribution is -0.116. The molecule has 0 aliphatic carbocycles. The van der Waals surface area contributed by atoms with E-state index in [2.05, 4.69) is 19.9 Å². The summed E-state index contributed by atoms with van der Waals surface area (Å²) in [6.45, 7) is 4.16. The van der Waals surface area contributed by atoms with Crippen LogP contribution in [0.4, 0.5) is 20.2 Å². The molecule has 1 saturated heterocycles. The number of halogens is 4. The molecule has 0 atom stereocenters. The zero-order chi connectivity index (χ0) is 20.9. The summed E-state index contributed by atoms with van der Waals surface area (Å²) in [5.41, 5.74) is -2.11. The van der Waals surface area contributed by atoms with Gasteiger partial charge in [0.15, 0.2) is 0 Å². The molecule has 3 rings (SSSR count). The minimum Gasteiger partial charge on any atom is -0.420 e. The lowest BCUT2D eigenvalue weighted by Gasteiger charge is -2.36. The summed E-state index contributed by atoms with van der Waals surface area (Å²) in [6.07, 6.45) is 0.346. The number of amides is 1. The second kappa shape index (κ2) is 9.61. The molecule has 1 aliphatic rings. The van der Waals surface area contributed by atoms with Gasteiger partial charge in [-0.25, -0.2) is 0 Å². The van der Waals surface area contributed by atoms with Gasteiger partial charge < -0.3 is 15.0 Å². The van der Waals surface area contributed by atoms with Crippen LogP contribution in [-0.4, -0.2) is 49.1 Å². The molecule has 0 spiro atoms. The van der Waals surface area contributed by atoms with E-state index in [-0.39, 0.29) is 11.7 Å². The maximum absolute atomic E-state index is 12.6. The molecule has 1 fully saturated rings. The summed E-state index contributed by atoms with van der Waals surface area (Å²) in [6, 6.07) is 13.4. The van der Waals surface area contributed by atoms with Crippen LogP contribution in [0.5, 0.6) is 5.75 Å². The first kappa shape index (κ1) is 21.6. The van der Waals surface area contributed by atoms with Crippen molar-refractivity contribution in [2.45, 2.75) is 12.0 Å². The number of rotatable bonds is 7. The van der Waals surface area contributed by atoms with Gasteiger partial charge in [0.25, 0.3) is 0 Å². The molecular formula is C20H21Cl2F2N3O2. The topological polar surface area (TPSA) is 44.8 Å². The smallest absolute Gasteiger partial charge is 0.420 e. The molecule has 156 valence electrons. The highest BCUT2D eigenvalue weighted by atomic mass is 35.5. The van der Waals surface area contributed by atoms with Gasteiger partial charge in [-0.2, -0.15) is 0 Å². The van der Waals surface area contributed by atoms with Crippen molar-refractivity contribution in [2.75, 3.05) is 42.9 Å². The number of nitrogens with zero attached hydrogens (tertiary/aromatic N) is 2. The number of carbonyl (C=O) groups is 1. The van der Waals surface area contributed by atoms with Crippen molar-refractivity contribution in [3.05, 3.63) is 53.6 Å². The van der Waals surface area contributed by atoms with E-state index in [0.717, 1.165) is 36.9 Å². The molecule has 9 heteroatoms. The summed E-state index contributed by atoms with van der Waals surface area (Å²) in [5, 5.41) is 3.47. The van der Waals surface area contributed by atoms with Crippen molar-refractivity contribution in [1.29, 1.82) is 0 Å². The van der Waals surface area contributed by atoms with Crippen LogP contribution >= 0.6 is 23.2 Å². The Kier molecular flexibility index (Phi) is 7.16. The summed E-state index contributed by atoms with van der Waals surface area (Å²) in [4.78, 5) is 16.7. The minimum atomic E-state index is -3.76. The fourth-order valence-corrected chi connectivity index (χ4v) is 3.32. The highest BCUT2D eigenvalue weighted by Crippen LogP contribution is 2.26. The monoisotopic (exact) mass is 443 g/mol. The zero-order valence-corrected chi connectivity index (χ0v) is 17.1. The van der Waals surface area contributed by atoms with E-state index in [9.17, 15) is 13.6 Å². The maximum Gasteiger partial charge on any atom is 0.487 e. The number of anilines is 2. The quantitative estimate of drug-likeness (QED) is 0.632. The van der Waals surface area contributed by atoms with E-state index >= 15 is 0 Å². The van der Waals surface area contributed by atoms with Crippen molar-refractivity contribution in [2.24, 2.45) is 0 Å². The van der Waals surface area contributed by atoms with Gasteiger partial charge in [-0.3, -0.25) is 9.69 Å². The number of hydrogen-bond acceptors (Lipinski definition) is 4. The van der Waals surface area contributed by atoms with Crippen LogP contribution in [0.2, 0.25) is 5.02 Å². The largest absolute Gasteiger partial charge is 0.487 e. The van der Waals surface area contributed by atoms with Gasteiger partial charge in [-0.05, 0) is 48.5 Å². The second-order valence-corrected chi connectivity index (χ2v) is 7.55. The summed E-state index contributed by atoms with van der Waals surface area (Å²) >= 11 is 10.6. The van der Waals surface area contributed by atoms with Gasteiger partial charge in [0.1, 0.15) is 5.75 Å². The normalized spacial score (nSPS) is 15.2. The Balaban J connectivity index is 1.39. The molecule has 0 saturated carbocycles. The van der Waals surface area contributed by atoms with E-state index in [0.29, 0.717) is 18.7 Å². The van der Waals surface area contributed by atoms with Crippen molar-refractivity contribution in [1.82, 2.24) is 4.90 Å². The van der Waals surface area contributed by atoms with Crippen molar-refractivity contribution in [3.63, 3.8) is 0 Å². The molecule has 2 aromatic rings. The highest BCUT2D eigenvalue weighted by Gasteiger charge is 2.27. The van der Waals surface area contributed by atoms with Crippen LogP contribution in [0.1, 0.15) is 6.42 Å². The molecule has 0 unspecified atom stereocenters. The standard InChI is InChI=1S/C20H21Cl2F2N3O2/c21-15-1-5-17(6-2-15)27-13-11-26(12-14-27)10-9-19(28)25-16-3-7-18(8-4-16)29-20(22,23)24/h1-8H,9-14H2,(H,25,28). The number of hydrogen-bond donors (Lipinski definition) is 1. The average molecular weight is 444 g/mol. The van der Waals surface area contributed by atoms with Crippen LogP contribution in [0.3, 0.4) is 0 Å². The average Bonchev–Trinajstić information content (AvgIpc) is 2.68. The number of benzene rings is 2. The predicted octanol–water partition coefficient (Wildman–Crippen LogP) is 4.66. The van der Waals surface area contributed by atoms with Crippen LogP contribution in [0.25, 0.3) is 0 Å². The number of nitrogens with one attached hydrogen (secondary N) is 1. The Labute approximate surface area is 178 Å². The summed E-state index contributed by atoms with van der Waals surface area (Å²) in [7, 11) is 0. The fourth-order valence-electron chi connectivity index (χ4n) is 3.10. The van der Waals surface area contributed by atoms with E-state index in [1.807, 2.05) is 24.3 Å². The molecule has 0 radical (unpaired) electrons. The first-order valence-corrected chi connectivity index (χ1v) is 9.93. The lowest BCUT2D eigenvalue weighted by atomic mass is 10.2. The molecule has 0 bridgehead atoms. The Hall–Kier alpha value is -2.09. The predicted molar refractivity (Wildman–Crippen MR) is 111 cm³/mol. The molecule has 2 aromatic carbocycles. The summed E-state index contributed by atoms with van der Waals surface area (Å²) < 4.78 is 29.4. The molecule has 29 heavy (non-hydrogen) atoms. The van der Waals surface area contributed by atoms with Crippen molar-refractivity contribution < 1.29 is 18.3 Å². The fraction of sp³-hybridized carbons (Fsp3) is 0.350. The molecule has 5 nitrogen and oxygen atoms in total. The van der Waals surface area contributed by atoms with E-state index in [4.69, 9.17) is 23.2 Å². The van der Waals surface area contributed by atoms with Crippen LogP contribution < -0.4 is 15.0 Å². The van der Waals surface area contributed by atoms with E-state index in [1.165, 1.54) is 24.3 Å². The van der Waals surface area contributed by atoms with Gasteiger partial charge in [-0.1, -0.05) is 11.6 Å². The highest BCUT2D eigenvalue weighted by molar-refractivity contribution is 6.30. The Morgan fingerprint density at radius 1 is 1.03 bits per heavy atom. The van der Waals surface area contributed by atoms with Crippen LogP contribution in [0.15, 0.2) is 48.5 Å². The van der Waals surface area contributed by atoms with Gasteiger partial charge in [0, 0.05) is 67.1 Å². The third-order valence-corrected chi connectivity index (χ3v) is 4.92. The van der Waals surface area contributed by atoms with Crippen LogP contribution in [-0.2, 0) is 4.79 Å². The number of alkyl halides is 3. The van der Waals surface area contributed by atoms with E-state index in [1.54, 1.807) is 0 Å².